The molecule has 6 heteroatoms. The molecule has 0 spiro atoms. The lowest BCUT2D eigenvalue weighted by Gasteiger charge is -2.32. The Labute approximate surface area is 118 Å². The van der Waals surface area contributed by atoms with Crippen LogP contribution >= 0.6 is 0 Å². The zero-order valence-electron chi connectivity index (χ0n) is 11.7. The fourth-order valence-corrected chi connectivity index (χ4v) is 2.61. The smallest absolute Gasteiger partial charge is 0.170 e. The second-order valence-electron chi connectivity index (χ2n) is 5.40. The molecule has 0 bridgehead atoms. The molecule has 6 nitrogen and oxygen atoms in total. The van der Waals surface area contributed by atoms with Crippen molar-refractivity contribution in [2.45, 2.75) is 26.3 Å². The summed E-state index contributed by atoms with van der Waals surface area (Å²) >= 11 is 0. The molecule has 2 heterocycles. The van der Waals surface area contributed by atoms with E-state index in [9.17, 15) is 0 Å². The minimum absolute atomic E-state index is 0.332. The second-order valence-corrected chi connectivity index (χ2v) is 5.40. The van der Waals surface area contributed by atoms with Gasteiger partial charge in [0, 0.05) is 18.8 Å². The summed E-state index contributed by atoms with van der Waals surface area (Å²) in [6, 6.07) is 8.35. The van der Waals surface area contributed by atoms with Crippen molar-refractivity contribution in [2.75, 3.05) is 18.0 Å². The molecule has 20 heavy (non-hydrogen) atoms. The van der Waals surface area contributed by atoms with Gasteiger partial charge >= 0.3 is 0 Å². The highest BCUT2D eigenvalue weighted by molar-refractivity contribution is 5.51. The summed E-state index contributed by atoms with van der Waals surface area (Å²) in [6.45, 7) is 4.93. The highest BCUT2D eigenvalue weighted by atomic mass is 15.5. The number of nitrogens with zero attached hydrogens (tertiary/aromatic N) is 5. The average Bonchev–Trinajstić information content (AvgIpc) is 2.97. The summed E-state index contributed by atoms with van der Waals surface area (Å²) in [6.07, 6.45) is 2.54. The van der Waals surface area contributed by atoms with E-state index >= 15 is 0 Å². The first kappa shape index (κ1) is 13.1. The van der Waals surface area contributed by atoms with E-state index in [1.165, 1.54) is 18.5 Å². The number of nitrogens with two attached hydrogens (primary N) is 1. The summed E-state index contributed by atoms with van der Waals surface area (Å²) in [5, 5.41) is 11.5. The maximum Gasteiger partial charge on any atom is 0.170 e. The molecule has 0 amide bonds. The number of tetrazole rings is 1. The quantitative estimate of drug-likeness (QED) is 0.913. The van der Waals surface area contributed by atoms with Crippen LogP contribution < -0.4 is 10.6 Å². The number of rotatable bonds is 3. The first-order valence-corrected chi connectivity index (χ1v) is 7.10. The van der Waals surface area contributed by atoms with Gasteiger partial charge in [-0.1, -0.05) is 6.92 Å². The van der Waals surface area contributed by atoms with Crippen molar-refractivity contribution in [3.63, 3.8) is 0 Å². The second kappa shape index (κ2) is 5.58. The first-order valence-electron chi connectivity index (χ1n) is 7.10. The summed E-state index contributed by atoms with van der Waals surface area (Å²) in [5.74, 6) is 1.52. The summed E-state index contributed by atoms with van der Waals surface area (Å²) in [7, 11) is 0. The first-order chi connectivity index (χ1) is 9.78. The molecule has 0 saturated carbocycles. The Bertz CT molecular complexity index is 553. The van der Waals surface area contributed by atoms with Gasteiger partial charge in [0.05, 0.1) is 12.2 Å². The molecule has 2 N–H and O–H groups in total. The van der Waals surface area contributed by atoms with Crippen molar-refractivity contribution in [3.05, 3.63) is 30.1 Å². The SMILES string of the molecule is CC1CCN(c2ccc(-n3nnnc3CN)cc2)CC1. The van der Waals surface area contributed by atoms with Crippen LogP contribution in [0, 0.1) is 5.92 Å². The Hall–Kier alpha value is -1.95. The molecule has 0 radical (unpaired) electrons. The lowest BCUT2D eigenvalue weighted by molar-refractivity contribution is 0.438. The van der Waals surface area contributed by atoms with Gasteiger partial charge in [-0.3, -0.25) is 0 Å². The lowest BCUT2D eigenvalue weighted by atomic mass is 9.99. The monoisotopic (exact) mass is 272 g/mol. The standard InChI is InChI=1S/C14H20N6/c1-11-6-8-19(9-7-11)12-2-4-13(5-3-12)20-14(10-15)16-17-18-20/h2-5,11H,6-10,15H2,1H3. The predicted octanol–water partition coefficient (Wildman–Crippen LogP) is 1.36. The molecule has 0 atom stereocenters. The van der Waals surface area contributed by atoms with Crippen LogP contribution in [0.5, 0.6) is 0 Å². The minimum Gasteiger partial charge on any atom is -0.372 e. The maximum absolute atomic E-state index is 5.62. The zero-order chi connectivity index (χ0) is 13.9. The molecule has 0 aliphatic carbocycles. The molecule has 1 fully saturated rings. The van der Waals surface area contributed by atoms with Crippen LogP contribution in [0.3, 0.4) is 0 Å². The third-order valence-electron chi connectivity index (χ3n) is 3.96. The van der Waals surface area contributed by atoms with Gasteiger partial charge in [-0.05, 0) is 53.5 Å². The van der Waals surface area contributed by atoms with Crippen molar-refractivity contribution in [3.8, 4) is 5.69 Å². The molecule has 1 aliphatic heterocycles. The Morgan fingerprint density at radius 2 is 1.80 bits per heavy atom. The maximum atomic E-state index is 5.62. The molecule has 1 aliphatic rings. The van der Waals surface area contributed by atoms with Crippen LogP contribution in [0.1, 0.15) is 25.6 Å². The van der Waals surface area contributed by atoms with Crippen molar-refractivity contribution in [1.29, 1.82) is 0 Å². The molecule has 3 rings (SSSR count). The number of anilines is 1. The molecular formula is C14H20N6. The topological polar surface area (TPSA) is 72.9 Å². The number of aromatic nitrogens is 4. The minimum atomic E-state index is 0.332. The number of benzene rings is 1. The Morgan fingerprint density at radius 3 is 2.45 bits per heavy atom. The van der Waals surface area contributed by atoms with Gasteiger partial charge in [0.15, 0.2) is 5.82 Å². The molecule has 1 aromatic heterocycles. The van der Waals surface area contributed by atoms with Crippen molar-refractivity contribution in [2.24, 2.45) is 11.7 Å². The third-order valence-corrected chi connectivity index (χ3v) is 3.96. The van der Waals surface area contributed by atoms with Gasteiger partial charge in [-0.2, -0.15) is 4.68 Å². The third kappa shape index (κ3) is 2.51. The van der Waals surface area contributed by atoms with Crippen molar-refractivity contribution in [1.82, 2.24) is 20.2 Å². The van der Waals surface area contributed by atoms with Gasteiger partial charge in [0.2, 0.25) is 0 Å². The Kier molecular flexibility index (Phi) is 3.64. The van der Waals surface area contributed by atoms with E-state index in [0.29, 0.717) is 12.4 Å². The summed E-state index contributed by atoms with van der Waals surface area (Å²) < 4.78 is 1.68. The fraction of sp³-hybridized carbons (Fsp3) is 0.500. The van der Waals surface area contributed by atoms with Gasteiger partial charge in [0.1, 0.15) is 0 Å². The lowest BCUT2D eigenvalue weighted by Crippen LogP contribution is -2.32. The fourth-order valence-electron chi connectivity index (χ4n) is 2.61. The molecule has 1 aromatic carbocycles. The highest BCUT2D eigenvalue weighted by Crippen LogP contribution is 2.23. The van der Waals surface area contributed by atoms with Gasteiger partial charge in [-0.25, -0.2) is 0 Å². The van der Waals surface area contributed by atoms with Crippen molar-refractivity contribution >= 4 is 5.69 Å². The molecular weight excluding hydrogens is 252 g/mol. The van der Waals surface area contributed by atoms with E-state index in [1.54, 1.807) is 4.68 Å². The number of hydrogen-bond donors (Lipinski definition) is 1. The van der Waals surface area contributed by atoms with Crippen molar-refractivity contribution < 1.29 is 0 Å². The van der Waals surface area contributed by atoms with E-state index < -0.39 is 0 Å². The summed E-state index contributed by atoms with van der Waals surface area (Å²) in [4.78, 5) is 2.44. The number of hydrogen-bond acceptors (Lipinski definition) is 5. The van der Waals surface area contributed by atoms with Gasteiger partial charge in [0.25, 0.3) is 0 Å². The molecule has 2 aromatic rings. The van der Waals surface area contributed by atoms with Crippen LogP contribution in [-0.4, -0.2) is 33.3 Å². The van der Waals surface area contributed by atoms with Gasteiger partial charge < -0.3 is 10.6 Å². The van der Waals surface area contributed by atoms with Crippen LogP contribution in [-0.2, 0) is 6.54 Å². The van der Waals surface area contributed by atoms with Gasteiger partial charge in [-0.15, -0.1) is 5.10 Å². The Morgan fingerprint density at radius 1 is 1.15 bits per heavy atom. The molecule has 106 valence electrons. The highest BCUT2D eigenvalue weighted by Gasteiger charge is 2.16. The van der Waals surface area contributed by atoms with E-state index in [1.807, 2.05) is 12.1 Å². The van der Waals surface area contributed by atoms with Crippen LogP contribution in [0.2, 0.25) is 0 Å². The normalized spacial score (nSPS) is 16.6. The zero-order valence-corrected chi connectivity index (χ0v) is 11.7. The molecule has 1 saturated heterocycles. The van der Waals surface area contributed by atoms with Crippen LogP contribution in [0.15, 0.2) is 24.3 Å². The van der Waals surface area contributed by atoms with E-state index in [0.717, 1.165) is 24.7 Å². The van der Waals surface area contributed by atoms with E-state index in [2.05, 4.69) is 39.5 Å². The predicted molar refractivity (Wildman–Crippen MR) is 77.7 cm³/mol. The summed E-state index contributed by atoms with van der Waals surface area (Å²) in [5.41, 5.74) is 7.84. The Balaban J connectivity index is 1.78. The number of piperidine rings is 1. The van der Waals surface area contributed by atoms with Crippen LogP contribution in [0.4, 0.5) is 5.69 Å². The van der Waals surface area contributed by atoms with E-state index in [4.69, 9.17) is 5.73 Å². The molecule has 0 unspecified atom stereocenters. The largest absolute Gasteiger partial charge is 0.372 e. The van der Waals surface area contributed by atoms with E-state index in [-0.39, 0.29) is 0 Å². The average molecular weight is 272 g/mol. The van der Waals surface area contributed by atoms with Crippen LogP contribution in [0.25, 0.3) is 5.69 Å².